The number of carbonyl (C=O) groups excluding carboxylic acids is 2. The zero-order valence-electron chi connectivity index (χ0n) is 19.4. The van der Waals surface area contributed by atoms with Gasteiger partial charge in [0.25, 0.3) is 11.5 Å². The zero-order chi connectivity index (χ0) is 25.5. The molecule has 0 aliphatic rings. The van der Waals surface area contributed by atoms with Crippen LogP contribution in [0.5, 0.6) is 0 Å². The van der Waals surface area contributed by atoms with Crippen LogP contribution < -0.4 is 21.9 Å². The summed E-state index contributed by atoms with van der Waals surface area (Å²) in [6, 6.07) is 5.24. The largest absolute Gasteiger partial charge is 0.480 e. The van der Waals surface area contributed by atoms with E-state index in [4.69, 9.17) is 5.73 Å². The van der Waals surface area contributed by atoms with Crippen LogP contribution in [-0.2, 0) is 16.1 Å². The van der Waals surface area contributed by atoms with Crippen molar-refractivity contribution in [2.45, 2.75) is 45.7 Å². The number of carbonyl (C=O) groups is 3. The molecule has 0 spiro atoms. The summed E-state index contributed by atoms with van der Waals surface area (Å²) in [7, 11) is 0. The lowest BCUT2D eigenvalue weighted by Crippen LogP contribution is -2.41. The highest BCUT2D eigenvalue weighted by Crippen LogP contribution is 2.13. The second-order valence-corrected chi connectivity index (χ2v) is 8.09. The van der Waals surface area contributed by atoms with Crippen molar-refractivity contribution in [1.82, 2.24) is 25.3 Å². The summed E-state index contributed by atoms with van der Waals surface area (Å²) in [5.74, 6) is -1.95. The predicted molar refractivity (Wildman–Crippen MR) is 129 cm³/mol. The number of aromatic amines is 1. The molecule has 0 saturated heterocycles. The monoisotopic (exact) mass is 481 g/mol. The predicted octanol–water partition coefficient (Wildman–Crippen LogP) is 1.49. The number of rotatable bonds is 11. The van der Waals surface area contributed by atoms with Gasteiger partial charge in [-0.15, -0.1) is 0 Å². The lowest BCUT2D eigenvalue weighted by atomic mass is 9.97. The zero-order valence-corrected chi connectivity index (χ0v) is 19.4. The van der Waals surface area contributed by atoms with E-state index in [2.05, 4.69) is 30.6 Å². The molecule has 0 radical (unpaired) electrons. The summed E-state index contributed by atoms with van der Waals surface area (Å²) < 4.78 is 0. The van der Waals surface area contributed by atoms with Crippen LogP contribution in [0, 0.1) is 5.92 Å². The SMILES string of the molecule is CCC(C)C(=O)CC[C@H](NC(=O)c1ccc(NCc2cnc3nc(N)[nH]c(=O)c3n2)cc1)C(=O)O. The average Bonchev–Trinajstić information content (AvgIpc) is 2.84. The molecule has 2 heterocycles. The van der Waals surface area contributed by atoms with Crippen molar-refractivity contribution in [3.05, 3.63) is 52.1 Å². The maximum Gasteiger partial charge on any atom is 0.326 e. The van der Waals surface area contributed by atoms with Crippen molar-refractivity contribution in [2.24, 2.45) is 5.92 Å². The Morgan fingerprint density at radius 1 is 1.17 bits per heavy atom. The standard InChI is InChI=1S/C23H27N7O5/c1-3-12(2)17(31)9-8-16(22(34)35)28-20(32)13-4-6-14(7-5-13)25-10-15-11-26-19-18(27-15)21(33)30-23(24)29-19/h4-7,11-12,16,25H,3,8-10H2,1-2H3,(H,28,32)(H,34,35)(H3,24,26,29,30,33)/t12?,16-/m0/s1. The molecule has 6 N–H and O–H groups in total. The van der Waals surface area contributed by atoms with Crippen LogP contribution in [0.2, 0.25) is 0 Å². The van der Waals surface area contributed by atoms with E-state index in [1.54, 1.807) is 31.2 Å². The molecule has 35 heavy (non-hydrogen) atoms. The number of nitrogen functional groups attached to an aromatic ring is 1. The van der Waals surface area contributed by atoms with Gasteiger partial charge in [-0.2, -0.15) is 4.98 Å². The fraction of sp³-hybridized carbons (Fsp3) is 0.348. The summed E-state index contributed by atoms with van der Waals surface area (Å²) >= 11 is 0. The topological polar surface area (TPSA) is 193 Å². The number of benzene rings is 1. The fourth-order valence-electron chi connectivity index (χ4n) is 3.25. The van der Waals surface area contributed by atoms with E-state index in [0.29, 0.717) is 17.8 Å². The number of H-pyrrole nitrogens is 1. The van der Waals surface area contributed by atoms with Gasteiger partial charge in [0.15, 0.2) is 11.2 Å². The number of carboxylic acid groups (broad SMARTS) is 1. The van der Waals surface area contributed by atoms with E-state index in [9.17, 15) is 24.3 Å². The Kier molecular flexibility index (Phi) is 8.08. The van der Waals surface area contributed by atoms with Gasteiger partial charge in [0.1, 0.15) is 11.8 Å². The molecule has 0 fully saturated rings. The number of aromatic nitrogens is 4. The molecule has 3 aromatic rings. The van der Waals surface area contributed by atoms with Crippen LogP contribution in [0.25, 0.3) is 11.2 Å². The van der Waals surface area contributed by atoms with Gasteiger partial charge in [0, 0.05) is 23.6 Å². The normalized spacial score (nSPS) is 12.6. The minimum atomic E-state index is -1.19. The van der Waals surface area contributed by atoms with Gasteiger partial charge in [0.2, 0.25) is 5.95 Å². The number of nitrogens with one attached hydrogen (secondary N) is 3. The van der Waals surface area contributed by atoms with Gasteiger partial charge in [-0.3, -0.25) is 19.4 Å². The first kappa shape index (κ1) is 25.3. The van der Waals surface area contributed by atoms with Crippen LogP contribution in [0.3, 0.4) is 0 Å². The van der Waals surface area contributed by atoms with E-state index in [0.717, 1.165) is 0 Å². The number of nitrogens with zero attached hydrogens (tertiary/aromatic N) is 3. The molecule has 184 valence electrons. The van der Waals surface area contributed by atoms with Crippen LogP contribution in [0.4, 0.5) is 11.6 Å². The maximum absolute atomic E-state index is 12.5. The van der Waals surface area contributed by atoms with E-state index >= 15 is 0 Å². The number of amides is 1. The Morgan fingerprint density at radius 2 is 1.89 bits per heavy atom. The quantitative estimate of drug-likeness (QED) is 0.268. The van der Waals surface area contributed by atoms with Crippen molar-refractivity contribution < 1.29 is 19.5 Å². The highest BCUT2D eigenvalue weighted by atomic mass is 16.4. The van der Waals surface area contributed by atoms with Gasteiger partial charge in [0.05, 0.1) is 18.4 Å². The van der Waals surface area contributed by atoms with Crippen molar-refractivity contribution in [1.29, 1.82) is 0 Å². The number of fused-ring (bicyclic) bond motifs is 1. The van der Waals surface area contributed by atoms with E-state index in [1.807, 2.05) is 6.92 Å². The first-order valence-electron chi connectivity index (χ1n) is 11.1. The van der Waals surface area contributed by atoms with Crippen molar-refractivity contribution in [3.63, 3.8) is 0 Å². The lowest BCUT2D eigenvalue weighted by Gasteiger charge is -2.15. The van der Waals surface area contributed by atoms with Gasteiger partial charge in [-0.25, -0.2) is 14.8 Å². The van der Waals surface area contributed by atoms with Gasteiger partial charge in [-0.05, 0) is 37.1 Å². The number of carboxylic acids is 1. The van der Waals surface area contributed by atoms with Gasteiger partial charge < -0.3 is 21.5 Å². The molecule has 3 rings (SSSR count). The Labute approximate surface area is 200 Å². The smallest absolute Gasteiger partial charge is 0.326 e. The third-order valence-corrected chi connectivity index (χ3v) is 5.55. The molecule has 0 saturated carbocycles. The first-order valence-corrected chi connectivity index (χ1v) is 11.1. The molecule has 2 atom stereocenters. The number of aliphatic carboxylic acids is 1. The summed E-state index contributed by atoms with van der Waals surface area (Å²) in [4.78, 5) is 62.7. The number of nitrogens with two attached hydrogens (primary N) is 1. The first-order chi connectivity index (χ1) is 16.7. The Morgan fingerprint density at radius 3 is 2.54 bits per heavy atom. The van der Waals surface area contributed by atoms with Crippen molar-refractivity contribution >= 4 is 40.5 Å². The number of ketones is 1. The average molecular weight is 482 g/mol. The third kappa shape index (κ3) is 6.59. The van der Waals surface area contributed by atoms with Crippen LogP contribution in [0.1, 0.15) is 49.2 Å². The molecule has 2 aromatic heterocycles. The molecule has 0 aliphatic heterocycles. The Bertz CT molecular complexity index is 1290. The second-order valence-electron chi connectivity index (χ2n) is 8.09. The number of hydrogen-bond acceptors (Lipinski definition) is 9. The summed E-state index contributed by atoms with van der Waals surface area (Å²) in [6.07, 6.45) is 2.27. The molecule has 1 unspecified atom stereocenters. The highest BCUT2D eigenvalue weighted by Gasteiger charge is 2.23. The van der Waals surface area contributed by atoms with E-state index in [1.165, 1.54) is 6.20 Å². The van der Waals surface area contributed by atoms with Crippen molar-refractivity contribution in [3.8, 4) is 0 Å². The fourth-order valence-corrected chi connectivity index (χ4v) is 3.25. The third-order valence-electron chi connectivity index (χ3n) is 5.55. The minimum Gasteiger partial charge on any atom is -0.480 e. The molecule has 12 nitrogen and oxygen atoms in total. The second kappa shape index (κ2) is 11.2. The Hall–Kier alpha value is -4.35. The minimum absolute atomic E-state index is 0.0236. The summed E-state index contributed by atoms with van der Waals surface area (Å²) in [6.45, 7) is 3.94. The molecule has 1 amide bonds. The van der Waals surface area contributed by atoms with E-state index in [-0.39, 0.29) is 53.8 Å². The molecular weight excluding hydrogens is 454 g/mol. The summed E-state index contributed by atoms with van der Waals surface area (Å²) in [5.41, 5.74) is 6.67. The van der Waals surface area contributed by atoms with Crippen molar-refractivity contribution in [2.75, 3.05) is 11.1 Å². The maximum atomic E-state index is 12.5. The number of Topliss-reactive ketones (excluding diaryl/α,β-unsaturated/α-hetero) is 1. The molecule has 0 aliphatic carbocycles. The molecule has 1 aromatic carbocycles. The lowest BCUT2D eigenvalue weighted by molar-refractivity contribution is -0.139. The van der Waals surface area contributed by atoms with Gasteiger partial charge >= 0.3 is 5.97 Å². The van der Waals surface area contributed by atoms with Gasteiger partial charge in [-0.1, -0.05) is 13.8 Å². The van der Waals surface area contributed by atoms with Crippen LogP contribution in [-0.4, -0.2) is 48.7 Å². The molecule has 12 heteroatoms. The van der Waals surface area contributed by atoms with E-state index < -0.39 is 23.5 Å². The van der Waals surface area contributed by atoms with Crippen LogP contribution in [0.15, 0.2) is 35.3 Å². The highest BCUT2D eigenvalue weighted by molar-refractivity contribution is 5.97. The summed E-state index contributed by atoms with van der Waals surface area (Å²) in [5, 5.41) is 15.0. The molecule has 0 bridgehead atoms. The number of anilines is 2. The molecular formula is C23H27N7O5. The Balaban J connectivity index is 1.59. The number of hydrogen-bond donors (Lipinski definition) is 5. The van der Waals surface area contributed by atoms with Crippen LogP contribution >= 0.6 is 0 Å².